The van der Waals surface area contributed by atoms with E-state index in [0.717, 1.165) is 13.1 Å². The highest BCUT2D eigenvalue weighted by molar-refractivity contribution is 7.99. The van der Waals surface area contributed by atoms with Crippen LogP contribution in [0.2, 0.25) is 0 Å². The number of nitrogens with one attached hydrogen (secondary N) is 1. The highest BCUT2D eigenvalue weighted by Crippen LogP contribution is 2.24. The molecule has 1 N–H and O–H groups in total. The zero-order valence-electron chi connectivity index (χ0n) is 11.7. The Balaban J connectivity index is 1.91. The lowest BCUT2D eigenvalue weighted by molar-refractivity contribution is 0.294. The van der Waals surface area contributed by atoms with Crippen molar-refractivity contribution in [3.05, 3.63) is 21.4 Å². The molecule has 0 saturated carbocycles. The molecule has 1 saturated heterocycles. The predicted molar refractivity (Wildman–Crippen MR) is 83.6 cm³/mol. The highest BCUT2D eigenvalue weighted by atomic mass is 32.2. The van der Waals surface area contributed by atoms with E-state index in [1.807, 2.05) is 11.3 Å². The van der Waals surface area contributed by atoms with Gasteiger partial charge >= 0.3 is 0 Å². The normalized spacial score (nSPS) is 17.6. The molecule has 1 fully saturated rings. The molecule has 102 valence electrons. The summed E-state index contributed by atoms with van der Waals surface area (Å²) in [6.07, 6.45) is 0. The summed E-state index contributed by atoms with van der Waals surface area (Å²) in [5.41, 5.74) is 1.53. The monoisotopic (exact) mass is 284 g/mol. The molecule has 0 aliphatic carbocycles. The van der Waals surface area contributed by atoms with Gasteiger partial charge in [0.25, 0.3) is 0 Å². The molecule has 1 aromatic heterocycles. The third-order valence-electron chi connectivity index (χ3n) is 3.25. The first-order valence-corrected chi connectivity index (χ1v) is 8.74. The fourth-order valence-corrected chi connectivity index (χ4v) is 4.12. The molecule has 1 aliphatic heterocycles. The van der Waals surface area contributed by atoms with Gasteiger partial charge in [0.05, 0.1) is 0 Å². The smallest absolute Gasteiger partial charge is 0.0302 e. The first-order valence-electron chi connectivity index (χ1n) is 6.77. The Hall–Kier alpha value is -0.0300. The Morgan fingerprint density at radius 3 is 2.72 bits per heavy atom. The van der Waals surface area contributed by atoms with Crippen molar-refractivity contribution in [2.24, 2.45) is 0 Å². The molecule has 0 atom stereocenters. The minimum Gasteiger partial charge on any atom is -0.310 e. The van der Waals surface area contributed by atoms with Gasteiger partial charge in [-0.05, 0) is 18.6 Å². The van der Waals surface area contributed by atoms with Crippen molar-refractivity contribution in [3.8, 4) is 0 Å². The third kappa shape index (κ3) is 4.26. The van der Waals surface area contributed by atoms with E-state index in [1.54, 1.807) is 0 Å². The van der Waals surface area contributed by atoms with Crippen molar-refractivity contribution < 1.29 is 0 Å². The van der Waals surface area contributed by atoms with Crippen LogP contribution in [0.5, 0.6) is 0 Å². The maximum atomic E-state index is 3.50. The lowest BCUT2D eigenvalue weighted by Crippen LogP contribution is -2.32. The van der Waals surface area contributed by atoms with Gasteiger partial charge < -0.3 is 5.32 Å². The molecule has 4 heteroatoms. The van der Waals surface area contributed by atoms with Crippen LogP contribution in [0.25, 0.3) is 0 Å². The Labute approximate surface area is 119 Å². The summed E-state index contributed by atoms with van der Waals surface area (Å²) in [7, 11) is 0. The number of hydrogen-bond acceptors (Lipinski definition) is 4. The Morgan fingerprint density at radius 1 is 1.33 bits per heavy atom. The van der Waals surface area contributed by atoms with E-state index in [9.17, 15) is 0 Å². The van der Waals surface area contributed by atoms with Gasteiger partial charge in [-0.2, -0.15) is 11.8 Å². The summed E-state index contributed by atoms with van der Waals surface area (Å²) < 4.78 is 0. The third-order valence-corrected chi connectivity index (χ3v) is 5.29. The SMILES string of the molecule is Cc1sc(CNC(C)C)cc1CN1CCSCC1. The van der Waals surface area contributed by atoms with Crippen molar-refractivity contribution in [2.75, 3.05) is 24.6 Å². The van der Waals surface area contributed by atoms with Gasteiger partial charge in [0.15, 0.2) is 0 Å². The maximum Gasteiger partial charge on any atom is 0.0302 e. The second-order valence-corrected chi connectivity index (χ2v) is 7.78. The van der Waals surface area contributed by atoms with Crippen LogP contribution in [0.15, 0.2) is 6.07 Å². The van der Waals surface area contributed by atoms with Gasteiger partial charge in [0.1, 0.15) is 0 Å². The van der Waals surface area contributed by atoms with Gasteiger partial charge in [0, 0.05) is 53.5 Å². The molecule has 18 heavy (non-hydrogen) atoms. The van der Waals surface area contributed by atoms with Crippen LogP contribution in [0.3, 0.4) is 0 Å². The van der Waals surface area contributed by atoms with Gasteiger partial charge in [-0.15, -0.1) is 11.3 Å². The summed E-state index contributed by atoms with van der Waals surface area (Å²) >= 11 is 4.03. The van der Waals surface area contributed by atoms with Crippen molar-refractivity contribution >= 4 is 23.1 Å². The van der Waals surface area contributed by atoms with Crippen LogP contribution in [0.1, 0.15) is 29.2 Å². The van der Waals surface area contributed by atoms with E-state index in [1.165, 1.54) is 39.9 Å². The van der Waals surface area contributed by atoms with Gasteiger partial charge in [-0.3, -0.25) is 4.90 Å². The summed E-state index contributed by atoms with van der Waals surface area (Å²) in [6, 6.07) is 2.96. The maximum absolute atomic E-state index is 3.50. The summed E-state index contributed by atoms with van der Waals surface area (Å²) in [5.74, 6) is 2.59. The van der Waals surface area contributed by atoms with E-state index < -0.39 is 0 Å². The molecular formula is C14H24N2S2. The quantitative estimate of drug-likeness (QED) is 0.894. The molecule has 0 aromatic carbocycles. The number of aryl methyl sites for hydroxylation is 1. The van der Waals surface area contributed by atoms with Crippen LogP contribution in [0, 0.1) is 6.92 Å². The van der Waals surface area contributed by atoms with Crippen LogP contribution < -0.4 is 5.32 Å². The predicted octanol–water partition coefficient (Wildman–Crippen LogP) is 3.10. The average molecular weight is 284 g/mol. The summed E-state index contributed by atoms with van der Waals surface area (Å²) in [6.45, 7) is 11.3. The molecule has 0 bridgehead atoms. The number of hydrogen-bond donors (Lipinski definition) is 1. The van der Waals surface area contributed by atoms with Crippen molar-refractivity contribution in [1.82, 2.24) is 10.2 Å². The lowest BCUT2D eigenvalue weighted by Gasteiger charge is -2.25. The highest BCUT2D eigenvalue weighted by Gasteiger charge is 2.13. The van der Waals surface area contributed by atoms with Gasteiger partial charge in [0.2, 0.25) is 0 Å². The van der Waals surface area contributed by atoms with Gasteiger partial charge in [-0.25, -0.2) is 0 Å². The standard InChI is InChI=1S/C14H24N2S2/c1-11(2)15-9-14-8-13(12(3)18-14)10-16-4-6-17-7-5-16/h8,11,15H,4-7,9-10H2,1-3H3. The molecule has 0 radical (unpaired) electrons. The largest absolute Gasteiger partial charge is 0.310 e. The fourth-order valence-electron chi connectivity index (χ4n) is 2.14. The number of rotatable bonds is 5. The topological polar surface area (TPSA) is 15.3 Å². The molecule has 2 heterocycles. The zero-order chi connectivity index (χ0) is 13.0. The molecule has 0 amide bonds. The van der Waals surface area contributed by atoms with Crippen molar-refractivity contribution in [2.45, 2.75) is 39.9 Å². The van der Waals surface area contributed by atoms with E-state index in [2.05, 4.69) is 48.8 Å². The second-order valence-electron chi connectivity index (χ2n) is 5.22. The molecule has 0 unspecified atom stereocenters. The molecule has 1 aromatic rings. The summed E-state index contributed by atoms with van der Waals surface area (Å²) in [4.78, 5) is 5.56. The van der Waals surface area contributed by atoms with Crippen molar-refractivity contribution in [1.29, 1.82) is 0 Å². The van der Waals surface area contributed by atoms with E-state index in [0.29, 0.717) is 6.04 Å². The molecule has 1 aliphatic rings. The number of thioether (sulfide) groups is 1. The Morgan fingerprint density at radius 2 is 2.06 bits per heavy atom. The molecule has 0 spiro atoms. The Kier molecular flexibility index (Phi) is 5.55. The molecular weight excluding hydrogens is 260 g/mol. The van der Waals surface area contributed by atoms with Crippen LogP contribution in [-0.2, 0) is 13.1 Å². The average Bonchev–Trinajstić information content (AvgIpc) is 2.69. The number of thiophene rings is 1. The van der Waals surface area contributed by atoms with Crippen molar-refractivity contribution in [3.63, 3.8) is 0 Å². The zero-order valence-corrected chi connectivity index (χ0v) is 13.3. The number of nitrogens with zero attached hydrogens (tertiary/aromatic N) is 1. The molecule has 2 nitrogen and oxygen atoms in total. The van der Waals surface area contributed by atoms with Crippen LogP contribution in [0.4, 0.5) is 0 Å². The summed E-state index contributed by atoms with van der Waals surface area (Å²) in [5, 5.41) is 3.50. The van der Waals surface area contributed by atoms with E-state index in [4.69, 9.17) is 0 Å². The lowest BCUT2D eigenvalue weighted by atomic mass is 10.2. The minimum absolute atomic E-state index is 0.565. The fraction of sp³-hybridized carbons (Fsp3) is 0.714. The first-order chi connectivity index (χ1) is 8.65. The minimum atomic E-state index is 0.565. The molecule has 2 rings (SSSR count). The second kappa shape index (κ2) is 6.94. The Bertz CT molecular complexity index is 368. The van der Waals surface area contributed by atoms with Crippen LogP contribution in [-0.4, -0.2) is 35.5 Å². The van der Waals surface area contributed by atoms with Gasteiger partial charge in [-0.1, -0.05) is 13.8 Å². The van der Waals surface area contributed by atoms with E-state index >= 15 is 0 Å². The van der Waals surface area contributed by atoms with Crippen LogP contribution >= 0.6 is 23.1 Å². The first kappa shape index (κ1) is 14.4. The van der Waals surface area contributed by atoms with E-state index in [-0.39, 0.29) is 0 Å².